The van der Waals surface area contributed by atoms with E-state index in [9.17, 15) is 13.2 Å². The topological polar surface area (TPSA) is 0 Å². The van der Waals surface area contributed by atoms with Crippen LogP contribution in [-0.2, 0) is 0 Å². The van der Waals surface area contributed by atoms with E-state index in [1.54, 1.807) is 6.07 Å². The molecule has 2 rings (SSSR count). The van der Waals surface area contributed by atoms with E-state index in [4.69, 9.17) is 0 Å². The fourth-order valence-electron chi connectivity index (χ4n) is 1.58. The molecule has 0 N–H and O–H groups in total. The first-order chi connectivity index (χ1) is 8.49. The van der Waals surface area contributed by atoms with Gasteiger partial charge in [-0.25, -0.2) is 13.2 Å². The van der Waals surface area contributed by atoms with Crippen molar-refractivity contribution in [2.45, 2.75) is 4.83 Å². The molecule has 0 nitrogen and oxygen atoms in total. The highest BCUT2D eigenvalue weighted by atomic mass is 127. The van der Waals surface area contributed by atoms with Crippen LogP contribution in [0.2, 0.25) is 0 Å². The Hall–Kier alpha value is -0.560. The first-order valence-electron chi connectivity index (χ1n) is 5.03. The largest absolute Gasteiger partial charge is 0.207 e. The fourth-order valence-corrected chi connectivity index (χ4v) is 3.57. The number of halogens is 5. The van der Waals surface area contributed by atoms with E-state index in [-0.39, 0.29) is 5.82 Å². The Kier molecular flexibility index (Phi) is 4.32. The van der Waals surface area contributed by atoms with E-state index >= 15 is 0 Å². The summed E-state index contributed by atoms with van der Waals surface area (Å²) >= 11 is 5.34. The molecule has 0 saturated heterocycles. The zero-order valence-corrected chi connectivity index (χ0v) is 12.7. The second-order valence-corrected chi connectivity index (χ2v) is 5.77. The van der Waals surface area contributed by atoms with Crippen molar-refractivity contribution in [2.75, 3.05) is 0 Å². The smallest absolute Gasteiger partial charge is 0.130 e. The first kappa shape index (κ1) is 13.9. The third-order valence-corrected chi connectivity index (χ3v) is 4.39. The minimum absolute atomic E-state index is 0.320. The summed E-state index contributed by atoms with van der Waals surface area (Å²) in [6, 6.07) is 7.67. The highest BCUT2D eigenvalue weighted by Gasteiger charge is 2.18. The van der Waals surface area contributed by atoms with Gasteiger partial charge in [0, 0.05) is 15.2 Å². The van der Waals surface area contributed by atoms with Gasteiger partial charge in [-0.05, 0) is 46.4 Å². The average Bonchev–Trinajstić information content (AvgIpc) is 2.28. The van der Waals surface area contributed by atoms with Crippen molar-refractivity contribution in [3.05, 3.63) is 68.5 Å². The van der Waals surface area contributed by atoms with E-state index in [0.29, 0.717) is 9.13 Å². The molecule has 5 heteroatoms. The lowest BCUT2D eigenvalue weighted by molar-refractivity contribution is 0.574. The summed E-state index contributed by atoms with van der Waals surface area (Å²) in [6.07, 6.45) is 0. The summed E-state index contributed by atoms with van der Waals surface area (Å²) in [5.41, 5.74) is 1.06. The maximum atomic E-state index is 13.7. The molecule has 0 heterocycles. The van der Waals surface area contributed by atoms with Crippen molar-refractivity contribution < 1.29 is 13.2 Å². The molecule has 0 aliphatic heterocycles. The van der Waals surface area contributed by atoms with Crippen molar-refractivity contribution in [3.8, 4) is 0 Å². The monoisotopic (exact) mass is 426 g/mol. The molecule has 2 aromatic carbocycles. The zero-order chi connectivity index (χ0) is 13.3. The molecule has 1 atom stereocenters. The number of hydrogen-bond donors (Lipinski definition) is 0. The Morgan fingerprint density at radius 2 is 1.44 bits per heavy atom. The molecule has 1 unspecified atom stereocenters. The van der Waals surface area contributed by atoms with Crippen LogP contribution in [0, 0.1) is 21.0 Å². The number of alkyl halides is 1. The number of rotatable bonds is 2. The molecule has 0 fully saturated rings. The lowest BCUT2D eigenvalue weighted by atomic mass is 10.0. The van der Waals surface area contributed by atoms with Crippen LogP contribution in [0.25, 0.3) is 0 Å². The number of benzene rings is 2. The van der Waals surface area contributed by atoms with Crippen molar-refractivity contribution in [2.24, 2.45) is 0 Å². The summed E-state index contributed by atoms with van der Waals surface area (Å²) in [5.74, 6) is -1.59. The molecule has 0 saturated carbocycles. The maximum absolute atomic E-state index is 13.7. The molecule has 18 heavy (non-hydrogen) atoms. The lowest BCUT2D eigenvalue weighted by Crippen LogP contribution is -2.00. The van der Waals surface area contributed by atoms with Crippen LogP contribution in [0.5, 0.6) is 0 Å². The molecule has 0 aliphatic rings. The van der Waals surface area contributed by atoms with Gasteiger partial charge in [0.15, 0.2) is 0 Å². The third kappa shape index (κ3) is 2.88. The van der Waals surface area contributed by atoms with E-state index in [1.807, 2.05) is 22.6 Å². The van der Waals surface area contributed by atoms with Gasteiger partial charge in [-0.3, -0.25) is 0 Å². The summed E-state index contributed by atoms with van der Waals surface area (Å²) in [7, 11) is 0. The maximum Gasteiger partial charge on any atom is 0.130 e. The van der Waals surface area contributed by atoms with E-state index in [1.165, 1.54) is 24.3 Å². The lowest BCUT2D eigenvalue weighted by Gasteiger charge is -2.13. The van der Waals surface area contributed by atoms with Crippen LogP contribution >= 0.6 is 38.5 Å². The van der Waals surface area contributed by atoms with Crippen LogP contribution in [-0.4, -0.2) is 0 Å². The zero-order valence-electron chi connectivity index (χ0n) is 8.93. The van der Waals surface area contributed by atoms with Crippen LogP contribution in [0.3, 0.4) is 0 Å². The molecular weight excluding hydrogens is 420 g/mol. The molecular formula is C13H7BrF3I. The van der Waals surface area contributed by atoms with Crippen LogP contribution in [0.15, 0.2) is 36.4 Å². The molecule has 0 radical (unpaired) electrons. The summed E-state index contributed by atoms with van der Waals surface area (Å²) in [4.78, 5) is -0.439. The van der Waals surface area contributed by atoms with Gasteiger partial charge in [0.25, 0.3) is 0 Å². The second-order valence-electron chi connectivity index (χ2n) is 3.69. The summed E-state index contributed by atoms with van der Waals surface area (Å²) in [5, 5.41) is 0. The van der Waals surface area contributed by atoms with Gasteiger partial charge < -0.3 is 0 Å². The number of hydrogen-bond acceptors (Lipinski definition) is 0. The SMILES string of the molecule is Fc1ccc(C(Br)c2ccc(F)cc2I)c(F)c1. The summed E-state index contributed by atoms with van der Waals surface area (Å²) < 4.78 is 40.2. The Morgan fingerprint density at radius 1 is 0.889 bits per heavy atom. The van der Waals surface area contributed by atoms with Gasteiger partial charge in [0.2, 0.25) is 0 Å². The Balaban J connectivity index is 2.44. The minimum Gasteiger partial charge on any atom is -0.207 e. The molecule has 2 aromatic rings. The molecule has 94 valence electrons. The molecule has 0 aromatic heterocycles. The van der Waals surface area contributed by atoms with Crippen molar-refractivity contribution in [1.29, 1.82) is 0 Å². The highest BCUT2D eigenvalue weighted by Crippen LogP contribution is 2.35. The van der Waals surface area contributed by atoms with Crippen molar-refractivity contribution >= 4 is 38.5 Å². The average molecular weight is 427 g/mol. The fraction of sp³-hybridized carbons (Fsp3) is 0.0769. The van der Waals surface area contributed by atoms with Gasteiger partial charge in [0.1, 0.15) is 17.5 Å². The molecule has 0 aliphatic carbocycles. The standard InChI is InChI=1S/C13H7BrF3I/c14-13(9-3-1-7(15)5-11(9)17)10-4-2-8(16)6-12(10)18/h1-6,13H. The van der Waals surface area contributed by atoms with Gasteiger partial charge in [-0.1, -0.05) is 28.1 Å². The normalized spacial score (nSPS) is 12.5. The predicted molar refractivity (Wildman–Crippen MR) is 76.2 cm³/mol. The van der Waals surface area contributed by atoms with Crippen molar-refractivity contribution in [3.63, 3.8) is 0 Å². The van der Waals surface area contributed by atoms with Crippen LogP contribution in [0.4, 0.5) is 13.2 Å². The van der Waals surface area contributed by atoms with E-state index < -0.39 is 16.5 Å². The minimum atomic E-state index is -0.628. The summed E-state index contributed by atoms with van der Waals surface area (Å²) in [6.45, 7) is 0. The molecule has 0 spiro atoms. The highest BCUT2D eigenvalue weighted by molar-refractivity contribution is 14.1. The predicted octanol–water partition coefficient (Wildman–Crippen LogP) is 5.19. The van der Waals surface area contributed by atoms with Gasteiger partial charge in [-0.15, -0.1) is 0 Å². The Bertz CT molecular complexity index is 535. The second kappa shape index (κ2) is 5.61. The van der Waals surface area contributed by atoms with Gasteiger partial charge in [-0.2, -0.15) is 0 Å². The Labute approximate surface area is 124 Å². The van der Waals surface area contributed by atoms with E-state index in [0.717, 1.165) is 11.6 Å². The van der Waals surface area contributed by atoms with E-state index in [2.05, 4.69) is 15.9 Å². The van der Waals surface area contributed by atoms with Crippen LogP contribution < -0.4 is 0 Å². The van der Waals surface area contributed by atoms with Crippen molar-refractivity contribution in [1.82, 2.24) is 0 Å². The molecule has 0 amide bonds. The molecule has 0 bridgehead atoms. The van der Waals surface area contributed by atoms with Gasteiger partial charge in [0.05, 0.1) is 4.83 Å². The van der Waals surface area contributed by atoms with Crippen LogP contribution in [0.1, 0.15) is 16.0 Å². The first-order valence-corrected chi connectivity index (χ1v) is 7.02. The quantitative estimate of drug-likeness (QED) is 0.457. The van der Waals surface area contributed by atoms with Gasteiger partial charge >= 0.3 is 0 Å². The third-order valence-electron chi connectivity index (χ3n) is 2.47. The Morgan fingerprint density at radius 3 is 2.00 bits per heavy atom.